The first-order chi connectivity index (χ1) is 17.6. The number of rotatable bonds is 3. The molecule has 0 spiro atoms. The third-order valence-corrected chi connectivity index (χ3v) is 8.13. The Kier molecular flexibility index (Phi) is 11.3. The lowest BCUT2D eigenvalue weighted by atomic mass is 9.73. The minimum Gasteiger partial charge on any atom is -0.457 e. The highest BCUT2D eigenvalue weighted by Gasteiger charge is 2.42. The van der Waals surface area contributed by atoms with Crippen LogP contribution in [0.1, 0.15) is 64.6 Å². The van der Waals surface area contributed by atoms with E-state index >= 15 is 0 Å². The van der Waals surface area contributed by atoms with E-state index in [1.807, 2.05) is 0 Å². The van der Waals surface area contributed by atoms with Crippen molar-refractivity contribution in [3.05, 3.63) is 45.5 Å². The second-order valence-electron chi connectivity index (χ2n) is 10.2. The van der Waals surface area contributed by atoms with Crippen molar-refractivity contribution in [3.63, 3.8) is 0 Å². The molecule has 0 aromatic carbocycles. The van der Waals surface area contributed by atoms with Crippen molar-refractivity contribution in [1.82, 2.24) is 4.98 Å². The van der Waals surface area contributed by atoms with Gasteiger partial charge in [-0.15, -0.1) is 22.9 Å². The number of hydrogen-bond acceptors (Lipinski definition) is 7. The van der Waals surface area contributed by atoms with Crippen LogP contribution in [0.4, 0.5) is 13.2 Å². The Bertz CT molecular complexity index is 1080. The highest BCUT2D eigenvalue weighted by Crippen LogP contribution is 2.33. The molecule has 2 rings (SSSR count). The van der Waals surface area contributed by atoms with Crippen LogP contribution in [0.25, 0.3) is 6.08 Å². The number of thiazole rings is 1. The van der Waals surface area contributed by atoms with Gasteiger partial charge in [0.25, 0.3) is 0 Å². The van der Waals surface area contributed by atoms with Gasteiger partial charge in [-0.2, -0.15) is 13.2 Å². The standard InChI is InChI=1S/C27H35ClF3NO5S/c1-15-7-6-8-18(27(29,30)31)9-10-20(16(2)11-19-14-38-22(13-28)32-19)37-23(34)12-21(33)26(4,5)25(36)17(3)24(15)35/h6-7,9,11,14-15,17,20-21,24,33,35H,8,10,12-13H2,1-5H3/t15-,17+,20-,21-,24-/m0/s1. The SMILES string of the molecule is CC(=Cc1csc(CCl)n1)[C@@H]1CC=C(C(F)(F)F)CC=C[C@H](C)[C@H](O)[C@@H](C)C(=O)C(C)(C)[C@@H](O)CC(=O)O1. The summed E-state index contributed by atoms with van der Waals surface area (Å²) in [7, 11) is 0. The zero-order chi connectivity index (χ0) is 28.8. The summed E-state index contributed by atoms with van der Waals surface area (Å²) >= 11 is 7.12. The van der Waals surface area contributed by atoms with Crippen LogP contribution >= 0.6 is 22.9 Å². The van der Waals surface area contributed by atoms with Gasteiger partial charge in [-0.25, -0.2) is 4.98 Å². The van der Waals surface area contributed by atoms with E-state index in [0.717, 1.165) is 6.08 Å². The molecule has 1 aliphatic heterocycles. The van der Waals surface area contributed by atoms with Gasteiger partial charge in [0.15, 0.2) is 0 Å². The summed E-state index contributed by atoms with van der Waals surface area (Å²) < 4.78 is 46.9. The van der Waals surface area contributed by atoms with Crippen LogP contribution in [0.5, 0.6) is 0 Å². The zero-order valence-electron chi connectivity index (χ0n) is 22.1. The molecule has 38 heavy (non-hydrogen) atoms. The maximum absolute atomic E-state index is 13.8. The number of esters is 1. The normalized spacial score (nSPS) is 28.7. The Morgan fingerprint density at radius 2 is 1.95 bits per heavy atom. The van der Waals surface area contributed by atoms with Gasteiger partial charge in [0.1, 0.15) is 16.9 Å². The Balaban J connectivity index is 2.50. The number of carbonyl (C=O) groups excluding carboxylic acids is 2. The number of nitrogens with zero attached hydrogens (tertiary/aromatic N) is 1. The zero-order valence-corrected chi connectivity index (χ0v) is 23.7. The summed E-state index contributed by atoms with van der Waals surface area (Å²) in [5.74, 6) is -2.69. The molecule has 0 aliphatic carbocycles. The lowest BCUT2D eigenvalue weighted by Crippen LogP contribution is -2.45. The number of ketones is 1. The maximum atomic E-state index is 13.8. The summed E-state index contributed by atoms with van der Waals surface area (Å²) in [4.78, 5) is 30.3. The van der Waals surface area contributed by atoms with E-state index in [2.05, 4.69) is 4.98 Å². The molecule has 6 nitrogen and oxygen atoms in total. The van der Waals surface area contributed by atoms with Gasteiger partial charge in [-0.3, -0.25) is 9.59 Å². The van der Waals surface area contributed by atoms with E-state index < -0.39 is 71.9 Å². The minimum absolute atomic E-state index is 0.210. The number of carbonyl (C=O) groups is 2. The first-order valence-corrected chi connectivity index (χ1v) is 13.7. The van der Waals surface area contributed by atoms with Crippen molar-refractivity contribution >= 4 is 40.8 Å². The fourth-order valence-corrected chi connectivity index (χ4v) is 5.02. The minimum atomic E-state index is -4.63. The predicted octanol–water partition coefficient (Wildman–Crippen LogP) is 6.02. The third kappa shape index (κ3) is 8.49. The van der Waals surface area contributed by atoms with E-state index in [9.17, 15) is 33.0 Å². The summed E-state index contributed by atoms with van der Waals surface area (Å²) in [6.45, 7) is 7.68. The first kappa shape index (κ1) is 32.2. The largest absolute Gasteiger partial charge is 0.457 e. The Morgan fingerprint density at radius 1 is 1.29 bits per heavy atom. The van der Waals surface area contributed by atoms with E-state index in [4.69, 9.17) is 16.3 Å². The fraction of sp³-hybridized carbons (Fsp3) is 0.593. The average molecular weight is 578 g/mol. The fourth-order valence-electron chi connectivity index (χ4n) is 4.17. The monoisotopic (exact) mass is 577 g/mol. The molecule has 2 heterocycles. The molecule has 0 bridgehead atoms. The number of alkyl halides is 4. The number of aromatic nitrogens is 1. The van der Waals surface area contributed by atoms with Gasteiger partial charge in [0, 0.05) is 29.2 Å². The van der Waals surface area contributed by atoms with Crippen molar-refractivity contribution in [2.75, 3.05) is 0 Å². The highest BCUT2D eigenvalue weighted by atomic mass is 35.5. The Morgan fingerprint density at radius 3 is 2.53 bits per heavy atom. The Hall–Kier alpha value is -2.01. The van der Waals surface area contributed by atoms with Gasteiger partial charge < -0.3 is 14.9 Å². The van der Waals surface area contributed by atoms with Gasteiger partial charge in [0.05, 0.1) is 35.6 Å². The summed E-state index contributed by atoms with van der Waals surface area (Å²) in [5, 5.41) is 23.8. The molecule has 0 unspecified atom stereocenters. The van der Waals surface area contributed by atoms with Crippen molar-refractivity contribution < 1.29 is 37.7 Å². The lowest BCUT2D eigenvalue weighted by Gasteiger charge is -2.34. The number of aliphatic hydroxyl groups is 2. The molecule has 0 fully saturated rings. The second kappa shape index (κ2) is 13.4. The maximum Gasteiger partial charge on any atom is 0.412 e. The predicted molar refractivity (Wildman–Crippen MR) is 141 cm³/mol. The van der Waals surface area contributed by atoms with Crippen LogP contribution in [0, 0.1) is 17.3 Å². The van der Waals surface area contributed by atoms with Crippen molar-refractivity contribution in [3.8, 4) is 0 Å². The van der Waals surface area contributed by atoms with Crippen LogP contribution in [-0.4, -0.2) is 51.4 Å². The van der Waals surface area contributed by atoms with Gasteiger partial charge in [0.2, 0.25) is 0 Å². The van der Waals surface area contributed by atoms with Gasteiger partial charge in [-0.05, 0) is 25.0 Å². The van der Waals surface area contributed by atoms with Crippen molar-refractivity contribution in [2.24, 2.45) is 17.3 Å². The number of ether oxygens (including phenoxy) is 1. The van der Waals surface area contributed by atoms with E-state index in [-0.39, 0.29) is 12.3 Å². The number of aliphatic hydroxyl groups excluding tert-OH is 2. The van der Waals surface area contributed by atoms with E-state index in [0.29, 0.717) is 16.3 Å². The number of hydrogen-bond donors (Lipinski definition) is 2. The first-order valence-electron chi connectivity index (χ1n) is 12.3. The molecule has 1 aromatic rings. The van der Waals surface area contributed by atoms with Crippen LogP contribution in [0.3, 0.4) is 0 Å². The number of Topliss-reactive ketones (excluding diaryl/α,β-unsaturated/α-hetero) is 1. The van der Waals surface area contributed by atoms with Crippen molar-refractivity contribution in [1.29, 1.82) is 0 Å². The molecule has 1 aromatic heterocycles. The molecular formula is C27H35ClF3NO5S. The molecule has 2 N–H and O–H groups in total. The highest BCUT2D eigenvalue weighted by molar-refractivity contribution is 7.09. The molecular weight excluding hydrogens is 543 g/mol. The third-order valence-electron chi connectivity index (χ3n) is 6.85. The van der Waals surface area contributed by atoms with E-state index in [1.165, 1.54) is 44.3 Å². The van der Waals surface area contributed by atoms with Crippen molar-refractivity contribution in [2.45, 2.75) is 84.2 Å². The van der Waals surface area contributed by atoms with Crippen LogP contribution < -0.4 is 0 Å². The second-order valence-corrected chi connectivity index (χ2v) is 11.4. The topological polar surface area (TPSA) is 96.7 Å². The molecule has 5 atom stereocenters. The molecule has 1 aliphatic rings. The number of halogens is 4. The molecule has 0 amide bonds. The smallest absolute Gasteiger partial charge is 0.412 e. The summed E-state index contributed by atoms with van der Waals surface area (Å²) in [6, 6.07) is 0. The Labute approximate surface area is 230 Å². The van der Waals surface area contributed by atoms with Crippen LogP contribution in [0.2, 0.25) is 0 Å². The molecule has 11 heteroatoms. The number of allylic oxidation sites excluding steroid dienone is 2. The van der Waals surface area contributed by atoms with Crippen LogP contribution in [-0.2, 0) is 20.2 Å². The van der Waals surface area contributed by atoms with Gasteiger partial charge >= 0.3 is 12.1 Å². The van der Waals surface area contributed by atoms with Crippen LogP contribution in [0.15, 0.2) is 34.8 Å². The molecule has 0 saturated carbocycles. The quantitative estimate of drug-likeness (QED) is 0.259. The summed E-state index contributed by atoms with van der Waals surface area (Å²) in [5.41, 5.74) is -1.24. The molecule has 212 valence electrons. The van der Waals surface area contributed by atoms with E-state index in [1.54, 1.807) is 25.3 Å². The molecule has 0 saturated heterocycles. The molecule has 0 radical (unpaired) electrons. The lowest BCUT2D eigenvalue weighted by molar-refractivity contribution is -0.154. The number of cyclic esters (lactones) is 1. The average Bonchev–Trinajstić information content (AvgIpc) is 3.29. The van der Waals surface area contributed by atoms with Gasteiger partial charge in [-0.1, -0.05) is 45.9 Å². The summed E-state index contributed by atoms with van der Waals surface area (Å²) in [6.07, 6.45) is -4.24.